The topological polar surface area (TPSA) is 78.5 Å². The first kappa shape index (κ1) is 17.6. The summed E-state index contributed by atoms with van der Waals surface area (Å²) >= 11 is 12.0. The second kappa shape index (κ2) is 7.19. The van der Waals surface area contributed by atoms with Crippen molar-refractivity contribution in [2.24, 2.45) is 0 Å². The summed E-state index contributed by atoms with van der Waals surface area (Å²) in [6, 6.07) is 3.71. The molecule has 6 nitrogen and oxygen atoms in total. The predicted molar refractivity (Wildman–Crippen MR) is 87.3 cm³/mol. The lowest BCUT2D eigenvalue weighted by molar-refractivity contribution is -0.132. The Bertz CT molecular complexity index is 651. The first-order valence-electron chi connectivity index (χ1n) is 7.11. The molecule has 1 saturated heterocycles. The number of hydrogen-bond donors (Lipinski definition) is 2. The van der Waals surface area contributed by atoms with Gasteiger partial charge in [-0.2, -0.15) is 0 Å². The van der Waals surface area contributed by atoms with E-state index in [1.807, 2.05) is 6.92 Å². The van der Waals surface area contributed by atoms with E-state index in [9.17, 15) is 14.4 Å². The SMILES string of the molecule is CC(c1ccc(Cl)cc1Cl)N(C)C(=O)CCC1NC(=O)NC1=O. The molecule has 0 spiro atoms. The van der Waals surface area contributed by atoms with Crippen molar-refractivity contribution in [2.45, 2.75) is 31.8 Å². The van der Waals surface area contributed by atoms with E-state index < -0.39 is 18.0 Å². The van der Waals surface area contributed by atoms with Crippen molar-refractivity contribution in [1.82, 2.24) is 15.5 Å². The Hall–Kier alpha value is -1.79. The molecule has 1 aliphatic rings. The molecule has 0 saturated carbocycles. The van der Waals surface area contributed by atoms with Crippen molar-refractivity contribution in [3.8, 4) is 0 Å². The molecule has 0 bridgehead atoms. The van der Waals surface area contributed by atoms with E-state index in [1.54, 1.807) is 30.1 Å². The molecular weight excluding hydrogens is 341 g/mol. The van der Waals surface area contributed by atoms with Crippen molar-refractivity contribution < 1.29 is 14.4 Å². The minimum atomic E-state index is -0.658. The maximum absolute atomic E-state index is 12.3. The summed E-state index contributed by atoms with van der Waals surface area (Å²) in [5.41, 5.74) is 0.791. The summed E-state index contributed by atoms with van der Waals surface area (Å²) in [4.78, 5) is 36.3. The lowest BCUT2D eigenvalue weighted by atomic mass is 10.1. The monoisotopic (exact) mass is 357 g/mol. The van der Waals surface area contributed by atoms with Crippen LogP contribution in [0.15, 0.2) is 18.2 Å². The third-order valence-corrected chi connectivity index (χ3v) is 4.45. The minimum Gasteiger partial charge on any atom is -0.339 e. The average Bonchev–Trinajstić information content (AvgIpc) is 2.81. The first-order valence-corrected chi connectivity index (χ1v) is 7.87. The number of nitrogens with zero attached hydrogens (tertiary/aromatic N) is 1. The van der Waals surface area contributed by atoms with E-state index in [-0.39, 0.29) is 24.8 Å². The molecule has 1 aromatic rings. The maximum Gasteiger partial charge on any atom is 0.322 e. The number of carbonyl (C=O) groups excluding carboxylic acids is 3. The molecule has 0 aliphatic carbocycles. The van der Waals surface area contributed by atoms with Gasteiger partial charge in [-0.1, -0.05) is 29.3 Å². The highest BCUT2D eigenvalue weighted by Gasteiger charge is 2.30. The van der Waals surface area contributed by atoms with Crippen LogP contribution in [0.5, 0.6) is 0 Å². The second-order valence-corrected chi connectivity index (χ2v) is 6.24. The molecule has 1 fully saturated rings. The lowest BCUT2D eigenvalue weighted by Crippen LogP contribution is -2.33. The number of amides is 4. The normalized spacial score (nSPS) is 18.3. The molecule has 2 rings (SSSR count). The Balaban J connectivity index is 1.96. The smallest absolute Gasteiger partial charge is 0.322 e. The van der Waals surface area contributed by atoms with Gasteiger partial charge in [0.25, 0.3) is 5.91 Å². The van der Waals surface area contributed by atoms with Gasteiger partial charge < -0.3 is 10.2 Å². The zero-order valence-electron chi connectivity index (χ0n) is 12.7. The Morgan fingerprint density at radius 3 is 2.61 bits per heavy atom. The molecule has 0 aromatic heterocycles. The highest BCUT2D eigenvalue weighted by Crippen LogP contribution is 2.29. The van der Waals surface area contributed by atoms with Crippen LogP contribution in [0.4, 0.5) is 4.79 Å². The van der Waals surface area contributed by atoms with E-state index in [0.29, 0.717) is 10.0 Å². The summed E-state index contributed by atoms with van der Waals surface area (Å²) in [5, 5.41) is 5.63. The maximum atomic E-state index is 12.3. The molecule has 1 aromatic carbocycles. The molecular formula is C15H17Cl2N3O3. The molecule has 1 aliphatic heterocycles. The molecule has 2 atom stereocenters. The van der Waals surface area contributed by atoms with Crippen LogP contribution < -0.4 is 10.6 Å². The zero-order chi connectivity index (χ0) is 17.1. The number of nitrogens with one attached hydrogen (secondary N) is 2. The quantitative estimate of drug-likeness (QED) is 0.794. The van der Waals surface area contributed by atoms with Gasteiger partial charge in [0.1, 0.15) is 6.04 Å². The van der Waals surface area contributed by atoms with Gasteiger partial charge in [0.15, 0.2) is 0 Å². The van der Waals surface area contributed by atoms with Crippen molar-refractivity contribution >= 4 is 41.0 Å². The number of carbonyl (C=O) groups is 3. The standard InChI is InChI=1S/C15H17Cl2N3O3/c1-8(10-4-3-9(16)7-11(10)17)20(2)13(21)6-5-12-14(22)19-15(23)18-12/h3-4,7-8,12H,5-6H2,1-2H3,(H2,18,19,22,23). The Morgan fingerprint density at radius 2 is 2.04 bits per heavy atom. The number of urea groups is 1. The number of halogens is 2. The summed E-state index contributed by atoms with van der Waals surface area (Å²) in [7, 11) is 1.67. The molecule has 1 heterocycles. The van der Waals surface area contributed by atoms with Gasteiger partial charge in [0.05, 0.1) is 6.04 Å². The molecule has 8 heteroatoms. The van der Waals surface area contributed by atoms with Gasteiger partial charge in [-0.25, -0.2) is 4.79 Å². The summed E-state index contributed by atoms with van der Waals surface area (Å²) < 4.78 is 0. The minimum absolute atomic E-state index is 0.141. The van der Waals surface area contributed by atoms with E-state index in [1.165, 1.54) is 0 Å². The summed E-state index contributed by atoms with van der Waals surface area (Å²) in [5.74, 6) is -0.545. The van der Waals surface area contributed by atoms with Gasteiger partial charge in [-0.15, -0.1) is 0 Å². The highest BCUT2D eigenvalue weighted by molar-refractivity contribution is 6.35. The highest BCUT2D eigenvalue weighted by atomic mass is 35.5. The van der Waals surface area contributed by atoms with E-state index in [4.69, 9.17) is 23.2 Å². The molecule has 23 heavy (non-hydrogen) atoms. The number of rotatable bonds is 5. The lowest BCUT2D eigenvalue weighted by Gasteiger charge is -2.26. The Morgan fingerprint density at radius 1 is 1.35 bits per heavy atom. The van der Waals surface area contributed by atoms with Crippen LogP contribution in [0, 0.1) is 0 Å². The molecule has 0 radical (unpaired) electrons. The molecule has 2 N–H and O–H groups in total. The molecule has 4 amide bonds. The van der Waals surface area contributed by atoms with Crippen LogP contribution in [0.1, 0.15) is 31.4 Å². The van der Waals surface area contributed by atoms with Gasteiger partial charge in [-0.05, 0) is 31.0 Å². The van der Waals surface area contributed by atoms with Crippen molar-refractivity contribution in [2.75, 3.05) is 7.05 Å². The second-order valence-electron chi connectivity index (χ2n) is 5.40. The van der Waals surface area contributed by atoms with Gasteiger partial charge in [-0.3, -0.25) is 14.9 Å². The first-order chi connectivity index (χ1) is 10.8. The largest absolute Gasteiger partial charge is 0.339 e. The summed E-state index contributed by atoms with van der Waals surface area (Å²) in [6.45, 7) is 1.86. The van der Waals surface area contributed by atoms with Gasteiger partial charge >= 0.3 is 6.03 Å². The van der Waals surface area contributed by atoms with Crippen LogP contribution >= 0.6 is 23.2 Å². The number of imide groups is 1. The van der Waals surface area contributed by atoms with Crippen LogP contribution in [-0.2, 0) is 9.59 Å². The predicted octanol–water partition coefficient (Wildman–Crippen LogP) is 2.50. The van der Waals surface area contributed by atoms with Crippen LogP contribution in [0.2, 0.25) is 10.0 Å². The van der Waals surface area contributed by atoms with Gasteiger partial charge in [0, 0.05) is 23.5 Å². The third kappa shape index (κ3) is 4.14. The van der Waals surface area contributed by atoms with Crippen molar-refractivity contribution in [3.05, 3.63) is 33.8 Å². The Kier molecular flexibility index (Phi) is 5.49. The van der Waals surface area contributed by atoms with E-state index in [0.717, 1.165) is 5.56 Å². The fourth-order valence-corrected chi connectivity index (χ4v) is 2.94. The van der Waals surface area contributed by atoms with Crippen LogP contribution in [0.3, 0.4) is 0 Å². The van der Waals surface area contributed by atoms with Crippen molar-refractivity contribution in [1.29, 1.82) is 0 Å². The molecule has 124 valence electrons. The van der Waals surface area contributed by atoms with Gasteiger partial charge in [0.2, 0.25) is 5.91 Å². The third-order valence-electron chi connectivity index (χ3n) is 3.89. The van der Waals surface area contributed by atoms with Crippen LogP contribution in [0.25, 0.3) is 0 Å². The Labute approximate surface area is 144 Å². The molecule has 2 unspecified atom stereocenters. The van der Waals surface area contributed by atoms with E-state index in [2.05, 4.69) is 10.6 Å². The fourth-order valence-electron chi connectivity index (χ4n) is 2.37. The zero-order valence-corrected chi connectivity index (χ0v) is 14.2. The number of hydrogen-bond acceptors (Lipinski definition) is 3. The van der Waals surface area contributed by atoms with Crippen molar-refractivity contribution in [3.63, 3.8) is 0 Å². The van der Waals surface area contributed by atoms with E-state index >= 15 is 0 Å². The fraction of sp³-hybridized carbons (Fsp3) is 0.400. The summed E-state index contributed by atoms with van der Waals surface area (Å²) in [6.07, 6.45) is 0.395. The number of benzene rings is 1. The average molecular weight is 358 g/mol. The van der Waals surface area contributed by atoms with Crippen LogP contribution in [-0.4, -0.2) is 35.8 Å².